The van der Waals surface area contributed by atoms with E-state index in [1.54, 1.807) is 18.4 Å². The molecule has 0 aliphatic heterocycles. The van der Waals surface area contributed by atoms with Crippen molar-refractivity contribution in [2.24, 2.45) is 0 Å². The second kappa shape index (κ2) is 5.61. The van der Waals surface area contributed by atoms with Crippen molar-refractivity contribution in [2.45, 2.75) is 6.42 Å². The van der Waals surface area contributed by atoms with Crippen LogP contribution in [0.3, 0.4) is 0 Å². The third-order valence-corrected chi connectivity index (χ3v) is 3.64. The monoisotopic (exact) mass is 300 g/mol. The molecule has 1 N–H and O–H groups in total. The van der Waals surface area contributed by atoms with Crippen LogP contribution in [0.4, 0.5) is 5.13 Å². The second-order valence-electron chi connectivity index (χ2n) is 3.40. The molecule has 0 aliphatic rings. The molecule has 5 heteroatoms. The Labute approximate surface area is 107 Å². The fourth-order valence-electron chi connectivity index (χ4n) is 1.39. The minimum atomic E-state index is 0.781. The van der Waals surface area contributed by atoms with Crippen molar-refractivity contribution in [1.82, 2.24) is 4.98 Å². The highest BCUT2D eigenvalue weighted by Crippen LogP contribution is 2.27. The van der Waals surface area contributed by atoms with Crippen LogP contribution in [0.2, 0.25) is 0 Å². The molecule has 0 unspecified atom stereocenters. The number of ether oxygens (including phenoxy) is 1. The van der Waals surface area contributed by atoms with E-state index < -0.39 is 0 Å². The molecule has 0 saturated heterocycles. The van der Waals surface area contributed by atoms with E-state index in [9.17, 15) is 0 Å². The lowest BCUT2D eigenvalue weighted by atomic mass is 10.3. The third kappa shape index (κ3) is 2.93. The van der Waals surface area contributed by atoms with E-state index in [0.717, 1.165) is 34.7 Å². The van der Waals surface area contributed by atoms with Crippen molar-refractivity contribution in [2.75, 3.05) is 25.6 Å². The average Bonchev–Trinajstić information content (AvgIpc) is 2.66. The molecule has 1 aromatic heterocycles. The zero-order chi connectivity index (χ0) is 11.4. The fourth-order valence-corrected chi connectivity index (χ4v) is 2.61. The summed E-state index contributed by atoms with van der Waals surface area (Å²) in [5.74, 6) is 0. The number of nitrogens with zero attached hydrogens (tertiary/aromatic N) is 1. The first-order chi connectivity index (χ1) is 7.79. The Hall–Kier alpha value is -0.650. The minimum absolute atomic E-state index is 0.781. The highest BCUT2D eigenvalue weighted by Gasteiger charge is 2.03. The summed E-state index contributed by atoms with van der Waals surface area (Å²) in [6.07, 6.45) is 0.996. The first kappa shape index (κ1) is 11.8. The number of thiazole rings is 1. The largest absolute Gasteiger partial charge is 0.385 e. The van der Waals surface area contributed by atoms with Gasteiger partial charge in [0, 0.05) is 24.7 Å². The number of halogens is 1. The Morgan fingerprint density at radius 1 is 1.50 bits per heavy atom. The smallest absolute Gasteiger partial charge is 0.183 e. The van der Waals surface area contributed by atoms with Crippen LogP contribution in [0.1, 0.15) is 6.42 Å². The van der Waals surface area contributed by atoms with Gasteiger partial charge in [0.15, 0.2) is 5.13 Å². The van der Waals surface area contributed by atoms with Gasteiger partial charge in [-0.25, -0.2) is 4.98 Å². The predicted molar refractivity (Wildman–Crippen MR) is 72.3 cm³/mol. The molecule has 0 bridgehead atoms. The molecule has 0 aliphatic carbocycles. The van der Waals surface area contributed by atoms with Gasteiger partial charge in [0.25, 0.3) is 0 Å². The quantitative estimate of drug-likeness (QED) is 0.858. The number of anilines is 1. The normalized spacial score (nSPS) is 10.9. The Bertz CT molecular complexity index is 472. The van der Waals surface area contributed by atoms with E-state index in [2.05, 4.69) is 32.3 Å². The summed E-state index contributed by atoms with van der Waals surface area (Å²) < 4.78 is 7.26. The maximum absolute atomic E-state index is 4.99. The first-order valence-electron chi connectivity index (χ1n) is 5.08. The lowest BCUT2D eigenvalue weighted by Gasteiger charge is -2.00. The van der Waals surface area contributed by atoms with Crippen LogP contribution >= 0.6 is 27.3 Å². The Kier molecular flexibility index (Phi) is 4.15. The van der Waals surface area contributed by atoms with Crippen LogP contribution in [0.25, 0.3) is 10.2 Å². The molecule has 0 atom stereocenters. The van der Waals surface area contributed by atoms with Gasteiger partial charge in [-0.2, -0.15) is 0 Å². The number of nitrogens with one attached hydrogen (secondary N) is 1. The number of rotatable bonds is 5. The number of benzene rings is 1. The molecule has 0 radical (unpaired) electrons. The zero-order valence-corrected chi connectivity index (χ0v) is 11.4. The van der Waals surface area contributed by atoms with Gasteiger partial charge in [0.05, 0.1) is 10.2 Å². The summed E-state index contributed by atoms with van der Waals surface area (Å²) in [6, 6.07) is 6.15. The van der Waals surface area contributed by atoms with Gasteiger partial charge < -0.3 is 10.1 Å². The van der Waals surface area contributed by atoms with E-state index in [1.807, 2.05) is 12.1 Å². The summed E-state index contributed by atoms with van der Waals surface area (Å²) in [5.41, 5.74) is 1.04. The maximum Gasteiger partial charge on any atom is 0.183 e. The molecular formula is C11H13BrN2OS. The van der Waals surface area contributed by atoms with Crippen LogP contribution in [0.5, 0.6) is 0 Å². The number of hydrogen-bond acceptors (Lipinski definition) is 4. The molecule has 0 amide bonds. The van der Waals surface area contributed by atoms with E-state index in [1.165, 1.54) is 4.70 Å². The summed E-state index contributed by atoms with van der Waals surface area (Å²) in [7, 11) is 1.72. The Morgan fingerprint density at radius 2 is 2.38 bits per heavy atom. The highest BCUT2D eigenvalue weighted by atomic mass is 79.9. The van der Waals surface area contributed by atoms with Crippen molar-refractivity contribution in [3.05, 3.63) is 22.7 Å². The van der Waals surface area contributed by atoms with Crippen LogP contribution in [-0.2, 0) is 4.74 Å². The molecule has 16 heavy (non-hydrogen) atoms. The van der Waals surface area contributed by atoms with E-state index >= 15 is 0 Å². The van der Waals surface area contributed by atoms with Gasteiger partial charge in [-0.05, 0) is 24.6 Å². The molecule has 1 aromatic carbocycles. The SMILES string of the molecule is COCCCNc1nc2cc(Br)ccc2s1. The minimum Gasteiger partial charge on any atom is -0.385 e. The maximum atomic E-state index is 4.99. The van der Waals surface area contributed by atoms with Crippen molar-refractivity contribution < 1.29 is 4.74 Å². The fraction of sp³-hybridized carbons (Fsp3) is 0.364. The van der Waals surface area contributed by atoms with Gasteiger partial charge in [0.1, 0.15) is 0 Å². The molecule has 86 valence electrons. The Morgan fingerprint density at radius 3 is 3.19 bits per heavy atom. The summed E-state index contributed by atoms with van der Waals surface area (Å²) in [5, 5.41) is 4.28. The second-order valence-corrected chi connectivity index (χ2v) is 5.35. The first-order valence-corrected chi connectivity index (χ1v) is 6.69. The van der Waals surface area contributed by atoms with Crippen LogP contribution in [0.15, 0.2) is 22.7 Å². The molecule has 0 spiro atoms. The van der Waals surface area contributed by atoms with E-state index in [0.29, 0.717) is 0 Å². The topological polar surface area (TPSA) is 34.1 Å². The van der Waals surface area contributed by atoms with Crippen molar-refractivity contribution >= 4 is 42.6 Å². The van der Waals surface area contributed by atoms with Crippen molar-refractivity contribution in [1.29, 1.82) is 0 Å². The number of aromatic nitrogens is 1. The number of methoxy groups -OCH3 is 1. The van der Waals surface area contributed by atoms with Gasteiger partial charge in [-0.15, -0.1) is 0 Å². The van der Waals surface area contributed by atoms with Gasteiger partial charge in [-0.1, -0.05) is 27.3 Å². The Balaban J connectivity index is 2.02. The molecule has 0 saturated carbocycles. The number of hydrogen-bond donors (Lipinski definition) is 1. The van der Waals surface area contributed by atoms with Crippen molar-refractivity contribution in [3.63, 3.8) is 0 Å². The van der Waals surface area contributed by atoms with Crippen LogP contribution < -0.4 is 5.32 Å². The molecule has 0 fully saturated rings. The van der Waals surface area contributed by atoms with Gasteiger partial charge >= 0.3 is 0 Å². The van der Waals surface area contributed by atoms with E-state index in [4.69, 9.17) is 4.74 Å². The lowest BCUT2D eigenvalue weighted by molar-refractivity contribution is 0.198. The molecule has 2 aromatic rings. The standard InChI is InChI=1S/C11H13BrN2OS/c1-15-6-2-5-13-11-14-9-7-8(12)3-4-10(9)16-11/h3-4,7H,2,5-6H2,1H3,(H,13,14). The average molecular weight is 301 g/mol. The summed E-state index contributed by atoms with van der Waals surface area (Å²) in [4.78, 5) is 4.51. The molecule has 3 nitrogen and oxygen atoms in total. The number of fused-ring (bicyclic) bond motifs is 1. The van der Waals surface area contributed by atoms with Crippen LogP contribution in [-0.4, -0.2) is 25.2 Å². The van der Waals surface area contributed by atoms with Gasteiger partial charge in [0.2, 0.25) is 0 Å². The molecule has 1 heterocycles. The summed E-state index contributed by atoms with van der Waals surface area (Å²) in [6.45, 7) is 1.68. The lowest BCUT2D eigenvalue weighted by Crippen LogP contribution is -2.03. The predicted octanol–water partition coefficient (Wildman–Crippen LogP) is 3.51. The zero-order valence-electron chi connectivity index (χ0n) is 9.00. The third-order valence-electron chi connectivity index (χ3n) is 2.15. The molecule has 2 rings (SSSR count). The van der Waals surface area contributed by atoms with Crippen molar-refractivity contribution in [3.8, 4) is 0 Å². The van der Waals surface area contributed by atoms with Crippen LogP contribution in [0, 0.1) is 0 Å². The van der Waals surface area contributed by atoms with Gasteiger partial charge in [-0.3, -0.25) is 0 Å². The summed E-state index contributed by atoms with van der Waals surface area (Å²) >= 11 is 5.12. The molecular weight excluding hydrogens is 288 g/mol. The van der Waals surface area contributed by atoms with E-state index in [-0.39, 0.29) is 0 Å². The highest BCUT2D eigenvalue weighted by molar-refractivity contribution is 9.10.